The van der Waals surface area contributed by atoms with E-state index in [0.717, 1.165) is 27.8 Å². The molecule has 0 radical (unpaired) electrons. The van der Waals surface area contributed by atoms with Crippen LogP contribution in [0.15, 0.2) is 126 Å². The summed E-state index contributed by atoms with van der Waals surface area (Å²) in [5.41, 5.74) is 4.83. The first-order valence-corrected chi connectivity index (χ1v) is 19.6. The molecule has 7 heteroatoms. The molecule has 0 saturated carbocycles. The van der Waals surface area contributed by atoms with Gasteiger partial charge in [-0.3, -0.25) is 0 Å². The molecule has 2 aliphatic heterocycles. The zero-order chi connectivity index (χ0) is 32.4. The van der Waals surface area contributed by atoms with Crippen LogP contribution in [0.4, 0.5) is 0 Å². The molecule has 0 amide bonds. The van der Waals surface area contributed by atoms with Gasteiger partial charge in [0.25, 0.3) is 8.32 Å². The van der Waals surface area contributed by atoms with Gasteiger partial charge in [-0.1, -0.05) is 130 Å². The second kappa shape index (κ2) is 13.2. The summed E-state index contributed by atoms with van der Waals surface area (Å²) in [5, 5.41) is 11.6. The van der Waals surface area contributed by atoms with E-state index < -0.39 is 23.4 Å². The molecule has 0 bridgehead atoms. The summed E-state index contributed by atoms with van der Waals surface area (Å²) in [7, 11) is -6.25. The Balaban J connectivity index is 1.33. The minimum Gasteiger partial charge on any atom is -0.508 e. The van der Waals surface area contributed by atoms with Gasteiger partial charge in [-0.2, -0.15) is 0 Å². The lowest BCUT2D eigenvalue weighted by Crippen LogP contribution is -2.66. The smallest absolute Gasteiger partial charge is 0.261 e. The number of allylic oxidation sites excluding steroid dienone is 1. The molecular weight excluding hydrogens is 609 g/mol. The molecule has 0 aromatic heterocycles. The standard InChI is InChI=1S/C39H42O5SSi/c1-39(2,3)46(34-18-9-5-10-19-34,35-20-11-6-12-21-35)44-26-32-28-45(41,42)37-27-43-36(38(32)37)23-22-31(30-15-7-4-8-16-30)24-29-14-13-17-33(40)25-29/h4-21,24-25,36-37,40H,22-23,26-28H2,1-3H3/b31-24-/t36-,37+/m1/s1. The second-order valence-electron chi connectivity index (χ2n) is 13.3. The van der Waals surface area contributed by atoms with Crippen molar-refractivity contribution in [2.24, 2.45) is 0 Å². The third-order valence-electron chi connectivity index (χ3n) is 9.27. The van der Waals surface area contributed by atoms with Gasteiger partial charge >= 0.3 is 0 Å². The van der Waals surface area contributed by atoms with Crippen LogP contribution in [0, 0.1) is 0 Å². The van der Waals surface area contributed by atoms with Gasteiger partial charge in [-0.25, -0.2) is 8.42 Å². The van der Waals surface area contributed by atoms with Crippen molar-refractivity contribution in [2.75, 3.05) is 19.0 Å². The predicted octanol–water partition coefficient (Wildman–Crippen LogP) is 6.78. The molecule has 238 valence electrons. The number of phenols is 1. The van der Waals surface area contributed by atoms with Crippen LogP contribution in [-0.4, -0.2) is 52.2 Å². The Morgan fingerprint density at radius 2 is 1.50 bits per heavy atom. The molecule has 6 rings (SSSR count). The van der Waals surface area contributed by atoms with Crippen LogP contribution in [0.2, 0.25) is 5.04 Å². The highest BCUT2D eigenvalue weighted by molar-refractivity contribution is 7.92. The fraction of sp³-hybridized carbons (Fsp3) is 0.282. The second-order valence-corrected chi connectivity index (χ2v) is 19.8. The Bertz CT molecular complexity index is 1790. The summed E-state index contributed by atoms with van der Waals surface area (Å²) in [6.07, 6.45) is 3.11. The van der Waals surface area contributed by atoms with E-state index in [4.69, 9.17) is 9.16 Å². The number of fused-ring (bicyclic) bond motifs is 1. The van der Waals surface area contributed by atoms with Gasteiger partial charge in [0.1, 0.15) is 11.0 Å². The number of rotatable bonds is 10. The van der Waals surface area contributed by atoms with Crippen LogP contribution in [0.3, 0.4) is 0 Å². The van der Waals surface area contributed by atoms with E-state index in [9.17, 15) is 13.5 Å². The first kappa shape index (κ1) is 32.2. The van der Waals surface area contributed by atoms with Gasteiger partial charge in [0.05, 0.1) is 25.1 Å². The van der Waals surface area contributed by atoms with Gasteiger partial charge in [-0.15, -0.1) is 0 Å². The van der Waals surface area contributed by atoms with Crippen LogP contribution in [-0.2, 0) is 19.0 Å². The number of sulfone groups is 1. The predicted molar refractivity (Wildman–Crippen MR) is 190 cm³/mol. The monoisotopic (exact) mass is 650 g/mol. The van der Waals surface area contributed by atoms with E-state index in [2.05, 4.69) is 87.5 Å². The number of phenolic OH excluding ortho intramolecular Hbond substituents is 1. The molecule has 2 atom stereocenters. The summed E-state index contributed by atoms with van der Waals surface area (Å²) >= 11 is 0. The van der Waals surface area contributed by atoms with Crippen molar-refractivity contribution in [1.29, 1.82) is 0 Å². The molecule has 0 unspecified atom stereocenters. The molecular formula is C39H42O5SSi. The quantitative estimate of drug-likeness (QED) is 0.116. The summed E-state index contributed by atoms with van der Waals surface area (Å²) in [6.45, 7) is 7.13. The Kier molecular flexibility index (Phi) is 9.21. The van der Waals surface area contributed by atoms with Crippen molar-refractivity contribution in [3.63, 3.8) is 0 Å². The summed E-state index contributed by atoms with van der Waals surface area (Å²) in [5.74, 6) is 0.227. The third kappa shape index (κ3) is 6.42. The molecule has 1 N–H and O–H groups in total. The van der Waals surface area contributed by atoms with E-state index in [0.29, 0.717) is 12.8 Å². The number of benzene rings is 4. The number of ether oxygens (including phenoxy) is 1. The van der Waals surface area contributed by atoms with Crippen LogP contribution in [0.1, 0.15) is 44.7 Å². The van der Waals surface area contributed by atoms with E-state index in [-0.39, 0.29) is 35.9 Å². The maximum atomic E-state index is 13.5. The fourth-order valence-corrected chi connectivity index (χ4v) is 13.6. The summed E-state index contributed by atoms with van der Waals surface area (Å²) < 4.78 is 40.5. The SMILES string of the molecule is CC(C)(C)[Si](OCC1=C2[C@@H](CC/C(=C/c3cccc(O)c3)c3ccccc3)OC[C@@H]2S(=O)(=O)C1)(c1ccccc1)c1ccccc1. The Hall–Kier alpha value is -3.75. The molecule has 2 heterocycles. The minimum absolute atomic E-state index is 0.00966. The van der Waals surface area contributed by atoms with Crippen molar-refractivity contribution in [3.05, 3.63) is 138 Å². The molecule has 1 fully saturated rings. The van der Waals surface area contributed by atoms with Crippen LogP contribution < -0.4 is 10.4 Å². The average Bonchev–Trinajstić information content (AvgIpc) is 3.59. The van der Waals surface area contributed by atoms with Crippen molar-refractivity contribution < 1.29 is 22.7 Å². The zero-order valence-electron chi connectivity index (χ0n) is 26.7. The van der Waals surface area contributed by atoms with E-state index in [1.165, 1.54) is 10.4 Å². The maximum absolute atomic E-state index is 13.5. The third-order valence-corrected chi connectivity index (χ3v) is 16.3. The number of hydrogen-bond acceptors (Lipinski definition) is 5. The lowest BCUT2D eigenvalue weighted by Gasteiger charge is -2.43. The maximum Gasteiger partial charge on any atom is 0.261 e. The molecule has 0 spiro atoms. The number of hydrogen-bond donors (Lipinski definition) is 1. The average molecular weight is 651 g/mol. The molecule has 4 aromatic rings. The highest BCUT2D eigenvalue weighted by atomic mass is 32.2. The van der Waals surface area contributed by atoms with Crippen LogP contribution >= 0.6 is 0 Å². The molecule has 46 heavy (non-hydrogen) atoms. The lowest BCUT2D eigenvalue weighted by atomic mass is 9.93. The first-order chi connectivity index (χ1) is 22.1. The van der Waals surface area contributed by atoms with E-state index >= 15 is 0 Å². The molecule has 4 aromatic carbocycles. The normalized spacial score (nSPS) is 19.8. The minimum atomic E-state index is -3.39. The van der Waals surface area contributed by atoms with Crippen LogP contribution in [0.25, 0.3) is 11.6 Å². The van der Waals surface area contributed by atoms with Gasteiger partial charge in [-0.05, 0) is 68.2 Å². The van der Waals surface area contributed by atoms with Crippen molar-refractivity contribution in [3.8, 4) is 5.75 Å². The van der Waals surface area contributed by atoms with Gasteiger partial charge in [0.15, 0.2) is 9.84 Å². The first-order valence-electron chi connectivity index (χ1n) is 15.9. The van der Waals surface area contributed by atoms with E-state index in [1.54, 1.807) is 12.1 Å². The molecule has 5 nitrogen and oxygen atoms in total. The summed E-state index contributed by atoms with van der Waals surface area (Å²) in [6, 6.07) is 38.3. The Morgan fingerprint density at radius 1 is 0.891 bits per heavy atom. The van der Waals surface area contributed by atoms with Crippen molar-refractivity contribution in [1.82, 2.24) is 0 Å². The Morgan fingerprint density at radius 3 is 2.09 bits per heavy atom. The topological polar surface area (TPSA) is 72.8 Å². The molecule has 0 aliphatic carbocycles. The van der Waals surface area contributed by atoms with Crippen molar-refractivity contribution >= 4 is 40.2 Å². The zero-order valence-corrected chi connectivity index (χ0v) is 28.5. The lowest BCUT2D eigenvalue weighted by molar-refractivity contribution is 0.118. The molecule has 2 aliphatic rings. The van der Waals surface area contributed by atoms with Crippen molar-refractivity contribution in [2.45, 2.75) is 50.0 Å². The molecule has 1 saturated heterocycles. The van der Waals surface area contributed by atoms with Crippen LogP contribution in [0.5, 0.6) is 5.75 Å². The van der Waals surface area contributed by atoms with Gasteiger partial charge < -0.3 is 14.3 Å². The van der Waals surface area contributed by atoms with Gasteiger partial charge in [0.2, 0.25) is 0 Å². The van der Waals surface area contributed by atoms with E-state index in [1.807, 2.05) is 42.5 Å². The highest BCUT2D eigenvalue weighted by Gasteiger charge is 2.52. The van der Waals surface area contributed by atoms with Gasteiger partial charge in [0, 0.05) is 0 Å². The fourth-order valence-electron chi connectivity index (χ4n) is 7.14. The summed E-state index contributed by atoms with van der Waals surface area (Å²) in [4.78, 5) is 0. The largest absolute Gasteiger partial charge is 0.508 e. The highest BCUT2D eigenvalue weighted by Crippen LogP contribution is 2.42. The Labute approximate surface area is 274 Å². The number of aromatic hydroxyl groups is 1.